The molecule has 0 aliphatic rings. The van der Waals surface area contributed by atoms with Crippen molar-refractivity contribution in [2.45, 2.75) is 25.8 Å². The van der Waals surface area contributed by atoms with E-state index in [4.69, 9.17) is 0 Å². The van der Waals surface area contributed by atoms with Gasteiger partial charge in [-0.05, 0) is 29.0 Å². The molecule has 0 saturated carbocycles. The Kier molecular flexibility index (Phi) is 4.91. The number of nitrogens with one attached hydrogen (secondary N) is 1. The SMILES string of the molecule is CCc1ccsc1CNC(=O)C(C#N)c1ccccc1. The predicted molar refractivity (Wildman–Crippen MR) is 80.3 cm³/mol. The molecule has 0 saturated heterocycles. The predicted octanol–water partition coefficient (Wildman–Crippen LogP) is 3.23. The van der Waals surface area contributed by atoms with Crippen LogP contribution >= 0.6 is 11.3 Å². The van der Waals surface area contributed by atoms with Crippen LogP contribution in [0, 0.1) is 11.3 Å². The number of nitrogens with zero attached hydrogens (tertiary/aromatic N) is 1. The standard InChI is InChI=1S/C16H16N2OS/c1-2-12-8-9-20-15(12)11-18-16(19)14(10-17)13-6-4-3-5-7-13/h3-9,14H,2,11H2,1H3,(H,18,19). The maximum absolute atomic E-state index is 12.1. The van der Waals surface area contributed by atoms with Crippen LogP contribution < -0.4 is 5.32 Å². The molecule has 102 valence electrons. The van der Waals surface area contributed by atoms with Crippen LogP contribution in [0.25, 0.3) is 0 Å². The maximum atomic E-state index is 12.1. The highest BCUT2D eigenvalue weighted by atomic mass is 32.1. The van der Waals surface area contributed by atoms with Crippen molar-refractivity contribution in [2.24, 2.45) is 0 Å². The van der Waals surface area contributed by atoms with Gasteiger partial charge in [-0.3, -0.25) is 4.79 Å². The Bertz CT molecular complexity index is 613. The van der Waals surface area contributed by atoms with Gasteiger partial charge in [-0.25, -0.2) is 0 Å². The summed E-state index contributed by atoms with van der Waals surface area (Å²) < 4.78 is 0. The lowest BCUT2D eigenvalue weighted by Gasteiger charge is -2.10. The molecule has 1 heterocycles. The number of carbonyl (C=O) groups is 1. The second kappa shape index (κ2) is 6.88. The molecule has 0 bridgehead atoms. The van der Waals surface area contributed by atoms with Crippen molar-refractivity contribution >= 4 is 17.2 Å². The molecule has 1 aromatic heterocycles. The third kappa shape index (κ3) is 3.25. The first-order valence-corrected chi connectivity index (χ1v) is 7.41. The minimum absolute atomic E-state index is 0.242. The Hall–Kier alpha value is -2.12. The van der Waals surface area contributed by atoms with Gasteiger partial charge in [0.25, 0.3) is 0 Å². The zero-order valence-electron chi connectivity index (χ0n) is 11.3. The molecule has 0 radical (unpaired) electrons. The number of aryl methyl sites for hydroxylation is 1. The van der Waals surface area contributed by atoms with Crippen LogP contribution in [0.5, 0.6) is 0 Å². The van der Waals surface area contributed by atoms with E-state index in [0.29, 0.717) is 6.54 Å². The monoisotopic (exact) mass is 284 g/mol. The number of hydrogen-bond acceptors (Lipinski definition) is 3. The first-order chi connectivity index (χ1) is 9.76. The summed E-state index contributed by atoms with van der Waals surface area (Å²) >= 11 is 1.63. The van der Waals surface area contributed by atoms with Gasteiger partial charge in [0, 0.05) is 4.88 Å². The molecule has 2 rings (SSSR count). The molecular weight excluding hydrogens is 268 g/mol. The zero-order chi connectivity index (χ0) is 14.4. The molecule has 0 aliphatic carbocycles. The summed E-state index contributed by atoms with van der Waals surface area (Å²) in [5, 5.41) is 14.1. The van der Waals surface area contributed by atoms with Gasteiger partial charge in [-0.1, -0.05) is 37.3 Å². The number of hydrogen-bond donors (Lipinski definition) is 1. The van der Waals surface area contributed by atoms with Gasteiger partial charge in [0.2, 0.25) is 5.91 Å². The smallest absolute Gasteiger partial charge is 0.242 e. The normalized spacial score (nSPS) is 11.6. The van der Waals surface area contributed by atoms with E-state index in [0.717, 1.165) is 16.9 Å². The largest absolute Gasteiger partial charge is 0.350 e. The van der Waals surface area contributed by atoms with Crippen LogP contribution in [-0.4, -0.2) is 5.91 Å². The number of benzene rings is 1. The van der Waals surface area contributed by atoms with Crippen molar-refractivity contribution in [1.82, 2.24) is 5.32 Å². The van der Waals surface area contributed by atoms with Crippen molar-refractivity contribution in [3.05, 3.63) is 57.8 Å². The molecule has 1 amide bonds. The summed E-state index contributed by atoms with van der Waals surface area (Å²) in [6.45, 7) is 2.58. The Balaban J connectivity index is 2.03. The Labute approximate surface area is 122 Å². The lowest BCUT2D eigenvalue weighted by molar-refractivity contribution is -0.121. The summed E-state index contributed by atoms with van der Waals surface area (Å²) in [6, 6.07) is 13.3. The molecule has 0 fully saturated rings. The van der Waals surface area contributed by atoms with Gasteiger partial charge < -0.3 is 5.32 Å². The molecule has 3 nitrogen and oxygen atoms in total. The zero-order valence-corrected chi connectivity index (χ0v) is 12.1. The second-order valence-corrected chi connectivity index (χ2v) is 5.41. The fraction of sp³-hybridized carbons (Fsp3) is 0.250. The average Bonchev–Trinajstić information content (AvgIpc) is 2.94. The first kappa shape index (κ1) is 14.3. The topological polar surface area (TPSA) is 52.9 Å². The average molecular weight is 284 g/mol. The fourth-order valence-electron chi connectivity index (χ4n) is 2.04. The van der Waals surface area contributed by atoms with E-state index in [1.54, 1.807) is 23.5 Å². The van der Waals surface area contributed by atoms with Crippen molar-refractivity contribution in [3.8, 4) is 6.07 Å². The first-order valence-electron chi connectivity index (χ1n) is 6.53. The van der Waals surface area contributed by atoms with Crippen molar-refractivity contribution < 1.29 is 4.79 Å². The van der Waals surface area contributed by atoms with Gasteiger partial charge in [0.1, 0.15) is 5.92 Å². The van der Waals surface area contributed by atoms with E-state index in [-0.39, 0.29) is 5.91 Å². The summed E-state index contributed by atoms with van der Waals surface area (Å²) in [5.41, 5.74) is 1.98. The molecule has 0 aliphatic heterocycles. The van der Waals surface area contributed by atoms with Crippen molar-refractivity contribution in [1.29, 1.82) is 5.26 Å². The van der Waals surface area contributed by atoms with Gasteiger partial charge >= 0.3 is 0 Å². The Morgan fingerprint density at radius 2 is 2.10 bits per heavy atom. The molecule has 4 heteroatoms. The van der Waals surface area contributed by atoms with Crippen LogP contribution in [0.4, 0.5) is 0 Å². The molecule has 1 atom stereocenters. The van der Waals surface area contributed by atoms with Crippen LogP contribution in [0.3, 0.4) is 0 Å². The van der Waals surface area contributed by atoms with Gasteiger partial charge in [0.05, 0.1) is 12.6 Å². The van der Waals surface area contributed by atoms with Gasteiger partial charge in [-0.15, -0.1) is 11.3 Å². The van der Waals surface area contributed by atoms with E-state index in [1.165, 1.54) is 5.56 Å². The Morgan fingerprint density at radius 1 is 1.35 bits per heavy atom. The fourth-order valence-corrected chi connectivity index (χ4v) is 2.95. The highest BCUT2D eigenvalue weighted by Crippen LogP contribution is 2.18. The van der Waals surface area contributed by atoms with Crippen molar-refractivity contribution in [3.63, 3.8) is 0 Å². The highest BCUT2D eigenvalue weighted by Gasteiger charge is 2.19. The maximum Gasteiger partial charge on any atom is 0.242 e. The number of thiophene rings is 1. The molecule has 0 spiro atoms. The quantitative estimate of drug-likeness (QED) is 0.916. The number of rotatable bonds is 5. The van der Waals surface area contributed by atoms with Crippen LogP contribution in [0.15, 0.2) is 41.8 Å². The molecule has 1 N–H and O–H groups in total. The summed E-state index contributed by atoms with van der Waals surface area (Å²) in [6.07, 6.45) is 0.953. The van der Waals surface area contributed by atoms with Crippen molar-refractivity contribution in [2.75, 3.05) is 0 Å². The Morgan fingerprint density at radius 3 is 2.75 bits per heavy atom. The minimum Gasteiger partial charge on any atom is -0.350 e. The summed E-state index contributed by atoms with van der Waals surface area (Å²) in [5.74, 6) is -0.990. The van der Waals surface area contributed by atoms with E-state index in [1.807, 2.05) is 23.6 Å². The lowest BCUT2D eigenvalue weighted by atomic mass is 10.00. The molecular formula is C16H16N2OS. The highest BCUT2D eigenvalue weighted by molar-refractivity contribution is 7.10. The van der Waals surface area contributed by atoms with E-state index in [9.17, 15) is 10.1 Å². The number of nitriles is 1. The van der Waals surface area contributed by atoms with E-state index >= 15 is 0 Å². The van der Waals surface area contributed by atoms with Crippen LogP contribution in [0.1, 0.15) is 28.8 Å². The third-order valence-electron chi connectivity index (χ3n) is 3.17. The number of carbonyl (C=O) groups excluding carboxylic acids is 1. The summed E-state index contributed by atoms with van der Waals surface area (Å²) in [7, 11) is 0. The number of amides is 1. The van der Waals surface area contributed by atoms with Crippen LogP contribution in [-0.2, 0) is 17.8 Å². The van der Waals surface area contributed by atoms with E-state index < -0.39 is 5.92 Å². The van der Waals surface area contributed by atoms with Gasteiger partial charge in [-0.2, -0.15) is 5.26 Å². The molecule has 1 aromatic carbocycles. The lowest BCUT2D eigenvalue weighted by Crippen LogP contribution is -2.28. The van der Waals surface area contributed by atoms with Crippen LogP contribution in [0.2, 0.25) is 0 Å². The molecule has 1 unspecified atom stereocenters. The third-order valence-corrected chi connectivity index (χ3v) is 4.13. The molecule has 20 heavy (non-hydrogen) atoms. The van der Waals surface area contributed by atoms with E-state index in [2.05, 4.69) is 24.4 Å². The second-order valence-electron chi connectivity index (χ2n) is 4.41. The molecule has 2 aromatic rings. The van der Waals surface area contributed by atoms with Gasteiger partial charge in [0.15, 0.2) is 0 Å². The minimum atomic E-state index is -0.749. The summed E-state index contributed by atoms with van der Waals surface area (Å²) in [4.78, 5) is 13.3.